The molecule has 4 atom stereocenters. The number of aromatic nitrogens is 2. The minimum Gasteiger partial charge on any atom is -0.353 e. The van der Waals surface area contributed by atoms with Crippen LogP contribution < -0.4 is 10.6 Å². The lowest BCUT2D eigenvalue weighted by Crippen LogP contribution is -2.43. The molecule has 1 aromatic heterocycles. The number of hydrogen-bond acceptors (Lipinski definition) is 3. The van der Waals surface area contributed by atoms with Gasteiger partial charge in [0.05, 0.1) is 12.1 Å². The van der Waals surface area contributed by atoms with E-state index in [0.29, 0.717) is 12.0 Å². The Bertz CT molecular complexity index is 545. The van der Waals surface area contributed by atoms with Gasteiger partial charge >= 0.3 is 0 Å². The summed E-state index contributed by atoms with van der Waals surface area (Å²) in [5, 5.41) is 11.0. The summed E-state index contributed by atoms with van der Waals surface area (Å²) in [7, 11) is 1.93. The summed E-state index contributed by atoms with van der Waals surface area (Å²) >= 11 is 0. The van der Waals surface area contributed by atoms with Gasteiger partial charge in [-0.25, -0.2) is 0 Å². The van der Waals surface area contributed by atoms with Gasteiger partial charge in [0.1, 0.15) is 0 Å². The lowest BCUT2D eigenvalue weighted by atomic mass is 9.79. The number of rotatable bonds is 4. The third-order valence-electron chi connectivity index (χ3n) is 5.71. The zero-order chi connectivity index (χ0) is 16.4. The molecule has 6 heteroatoms. The molecule has 2 heterocycles. The number of nitrogens with zero attached hydrogens (tertiary/aromatic N) is 2. The summed E-state index contributed by atoms with van der Waals surface area (Å²) < 4.78 is 1.82. The van der Waals surface area contributed by atoms with Crippen molar-refractivity contribution in [2.45, 2.75) is 51.5 Å². The second kappa shape index (κ2) is 8.34. The molecule has 2 N–H and O–H groups in total. The highest BCUT2D eigenvalue weighted by molar-refractivity contribution is 5.85. The standard InChI is InChI=1S/C18H30N4O.ClH/c1-12(2)13-5-4-6-15(7-13)21-18(23)17-10-19-9-16(17)14-8-20-22(3)11-14;/h8,11-13,15-17,19H,4-7,9-10H2,1-3H3,(H,21,23);1H/t13?,15?,16-,17+;/m1./s1. The lowest BCUT2D eigenvalue weighted by molar-refractivity contribution is -0.125. The van der Waals surface area contributed by atoms with E-state index in [0.717, 1.165) is 31.8 Å². The smallest absolute Gasteiger partial charge is 0.225 e. The first-order valence-electron chi connectivity index (χ1n) is 9.04. The van der Waals surface area contributed by atoms with Gasteiger partial charge in [-0.1, -0.05) is 26.7 Å². The van der Waals surface area contributed by atoms with Gasteiger partial charge in [0, 0.05) is 38.3 Å². The summed E-state index contributed by atoms with van der Waals surface area (Å²) in [5.41, 5.74) is 1.17. The maximum atomic E-state index is 12.8. The minimum atomic E-state index is 0. The van der Waals surface area contributed by atoms with E-state index in [1.807, 2.05) is 24.1 Å². The third-order valence-corrected chi connectivity index (χ3v) is 5.71. The van der Waals surface area contributed by atoms with Crippen LogP contribution in [0.1, 0.15) is 51.0 Å². The normalized spacial score (nSPS) is 30.2. The Balaban J connectivity index is 0.00000208. The van der Waals surface area contributed by atoms with Crippen LogP contribution in [0, 0.1) is 17.8 Å². The summed E-state index contributed by atoms with van der Waals surface area (Å²) in [5.74, 6) is 1.96. The first-order chi connectivity index (χ1) is 11.0. The van der Waals surface area contributed by atoms with Gasteiger partial charge in [0.25, 0.3) is 0 Å². The Morgan fingerprint density at radius 1 is 1.38 bits per heavy atom. The molecule has 1 aliphatic carbocycles. The highest BCUT2D eigenvalue weighted by atomic mass is 35.5. The molecule has 2 unspecified atom stereocenters. The molecule has 5 nitrogen and oxygen atoms in total. The number of amides is 1. The van der Waals surface area contributed by atoms with E-state index in [1.165, 1.54) is 18.4 Å². The van der Waals surface area contributed by atoms with Crippen LogP contribution in [0.15, 0.2) is 12.4 Å². The monoisotopic (exact) mass is 354 g/mol. The van der Waals surface area contributed by atoms with Crippen LogP contribution in [0.4, 0.5) is 0 Å². The lowest BCUT2D eigenvalue weighted by Gasteiger charge is -2.33. The van der Waals surface area contributed by atoms with Crippen LogP contribution in [-0.4, -0.2) is 34.8 Å². The largest absolute Gasteiger partial charge is 0.353 e. The van der Waals surface area contributed by atoms with Crippen LogP contribution in [0.3, 0.4) is 0 Å². The molecular formula is C18H31ClN4O. The topological polar surface area (TPSA) is 59.0 Å². The van der Waals surface area contributed by atoms with Gasteiger partial charge in [0.15, 0.2) is 0 Å². The number of carbonyl (C=O) groups excluding carboxylic acids is 1. The summed E-state index contributed by atoms with van der Waals surface area (Å²) in [4.78, 5) is 12.8. The number of nitrogens with one attached hydrogen (secondary N) is 2. The molecule has 1 saturated carbocycles. The molecule has 1 aromatic rings. The number of aryl methyl sites for hydroxylation is 1. The Hall–Kier alpha value is -1.07. The average molecular weight is 355 g/mol. The van der Waals surface area contributed by atoms with Crippen molar-refractivity contribution in [3.63, 3.8) is 0 Å². The van der Waals surface area contributed by atoms with E-state index in [9.17, 15) is 4.79 Å². The molecule has 0 spiro atoms. The van der Waals surface area contributed by atoms with E-state index < -0.39 is 0 Å². The predicted molar refractivity (Wildman–Crippen MR) is 98.3 cm³/mol. The van der Waals surface area contributed by atoms with Crippen molar-refractivity contribution in [3.8, 4) is 0 Å². The van der Waals surface area contributed by atoms with Crippen LogP contribution in [0.5, 0.6) is 0 Å². The molecule has 0 radical (unpaired) electrons. The van der Waals surface area contributed by atoms with E-state index in [-0.39, 0.29) is 30.2 Å². The second-order valence-corrected chi connectivity index (χ2v) is 7.69. The van der Waals surface area contributed by atoms with Crippen molar-refractivity contribution in [1.82, 2.24) is 20.4 Å². The predicted octanol–water partition coefficient (Wildman–Crippen LogP) is 2.48. The van der Waals surface area contributed by atoms with Gasteiger partial charge in [0.2, 0.25) is 5.91 Å². The third kappa shape index (κ3) is 4.31. The van der Waals surface area contributed by atoms with Crippen LogP contribution in [0.25, 0.3) is 0 Å². The molecule has 0 bridgehead atoms. The van der Waals surface area contributed by atoms with Crippen LogP contribution in [0.2, 0.25) is 0 Å². The summed E-state index contributed by atoms with van der Waals surface area (Å²) in [6.45, 7) is 6.23. The Morgan fingerprint density at radius 2 is 2.17 bits per heavy atom. The average Bonchev–Trinajstić information content (AvgIpc) is 3.15. The zero-order valence-electron chi connectivity index (χ0n) is 15.0. The number of carbonyl (C=O) groups is 1. The number of hydrogen-bond donors (Lipinski definition) is 2. The van der Waals surface area contributed by atoms with Crippen LogP contribution in [-0.2, 0) is 11.8 Å². The first kappa shape index (κ1) is 19.3. The van der Waals surface area contributed by atoms with Gasteiger partial charge < -0.3 is 10.6 Å². The van der Waals surface area contributed by atoms with Gasteiger partial charge in [-0.3, -0.25) is 9.48 Å². The quantitative estimate of drug-likeness (QED) is 0.873. The highest BCUT2D eigenvalue weighted by Gasteiger charge is 2.36. The Kier molecular flexibility index (Phi) is 6.70. The van der Waals surface area contributed by atoms with Crippen molar-refractivity contribution in [1.29, 1.82) is 0 Å². The highest BCUT2D eigenvalue weighted by Crippen LogP contribution is 2.32. The van der Waals surface area contributed by atoms with Gasteiger partial charge in [-0.15, -0.1) is 12.4 Å². The van der Waals surface area contributed by atoms with Crippen molar-refractivity contribution in [3.05, 3.63) is 18.0 Å². The molecule has 2 aliphatic rings. The van der Waals surface area contributed by atoms with Gasteiger partial charge in [-0.05, 0) is 30.2 Å². The van der Waals surface area contributed by atoms with Crippen LogP contribution >= 0.6 is 12.4 Å². The Morgan fingerprint density at radius 3 is 2.83 bits per heavy atom. The molecule has 24 heavy (non-hydrogen) atoms. The molecule has 0 aromatic carbocycles. The summed E-state index contributed by atoms with van der Waals surface area (Å²) in [6.07, 6.45) is 8.75. The SMILES string of the molecule is CC(C)C1CCCC(NC(=O)[C@H]2CNC[C@@H]2c2cnn(C)c2)C1.Cl. The summed E-state index contributed by atoms with van der Waals surface area (Å²) in [6, 6.07) is 0.360. The van der Waals surface area contributed by atoms with Crippen molar-refractivity contribution in [2.24, 2.45) is 24.8 Å². The molecule has 136 valence electrons. The van der Waals surface area contributed by atoms with Gasteiger partial charge in [-0.2, -0.15) is 5.10 Å². The molecule has 2 fully saturated rings. The van der Waals surface area contributed by atoms with E-state index in [4.69, 9.17) is 0 Å². The number of halogens is 1. The Labute approximate surface area is 151 Å². The molecular weight excluding hydrogens is 324 g/mol. The van der Waals surface area contributed by atoms with Crippen molar-refractivity contribution < 1.29 is 4.79 Å². The molecule has 1 aliphatic heterocycles. The van der Waals surface area contributed by atoms with Crippen molar-refractivity contribution >= 4 is 18.3 Å². The fraction of sp³-hybridized carbons (Fsp3) is 0.778. The maximum absolute atomic E-state index is 12.8. The first-order valence-corrected chi connectivity index (χ1v) is 9.04. The molecule has 1 amide bonds. The van der Waals surface area contributed by atoms with E-state index in [1.54, 1.807) is 0 Å². The minimum absolute atomic E-state index is 0. The van der Waals surface area contributed by atoms with Crippen molar-refractivity contribution in [2.75, 3.05) is 13.1 Å². The fourth-order valence-corrected chi connectivity index (χ4v) is 4.21. The molecule has 1 saturated heterocycles. The second-order valence-electron chi connectivity index (χ2n) is 7.69. The fourth-order valence-electron chi connectivity index (χ4n) is 4.21. The van der Waals surface area contributed by atoms with E-state index >= 15 is 0 Å². The zero-order valence-corrected chi connectivity index (χ0v) is 15.8. The maximum Gasteiger partial charge on any atom is 0.225 e. The van der Waals surface area contributed by atoms with E-state index in [2.05, 4.69) is 29.6 Å². The molecule has 3 rings (SSSR count).